The molecule has 0 atom stereocenters. The largest absolute Gasteiger partial charge is 0.416 e. The molecule has 0 saturated carbocycles. The molecule has 0 aliphatic rings. The summed E-state index contributed by atoms with van der Waals surface area (Å²) < 4.78 is 39.6. The molecule has 7 heteroatoms. The summed E-state index contributed by atoms with van der Waals surface area (Å²) in [5, 5.41) is 2.70. The van der Waals surface area contributed by atoms with Crippen LogP contribution >= 0.6 is 38.5 Å². The molecule has 2 aromatic carbocycles. The predicted molar refractivity (Wildman–Crippen MR) is 90.6 cm³/mol. The summed E-state index contributed by atoms with van der Waals surface area (Å²) in [6.45, 7) is 0. The number of nitrogens with one attached hydrogen (secondary N) is 1. The maximum atomic E-state index is 12.6. The highest BCUT2D eigenvalue weighted by molar-refractivity contribution is 14.1. The van der Waals surface area contributed by atoms with E-state index in [1.165, 1.54) is 12.1 Å². The van der Waals surface area contributed by atoms with E-state index in [1.54, 1.807) is 12.1 Å². The van der Waals surface area contributed by atoms with Gasteiger partial charge in [0.1, 0.15) is 0 Å². The number of hydrogen-bond donors (Lipinski definition) is 1. The second kappa shape index (κ2) is 6.99. The fourth-order valence-electron chi connectivity index (χ4n) is 1.83. The first-order valence-corrected chi connectivity index (χ1v) is 8.04. The first kappa shape index (κ1) is 17.3. The molecule has 0 unspecified atom stereocenters. The van der Waals surface area contributed by atoms with Crippen molar-refractivity contribution in [1.82, 2.24) is 0 Å². The summed E-state index contributed by atoms with van der Waals surface area (Å²) in [6.07, 6.45) is -4.52. The summed E-state index contributed by atoms with van der Waals surface area (Å²) in [4.78, 5) is 12.0. The molecule has 22 heavy (non-hydrogen) atoms. The fraction of sp³-hybridized carbons (Fsp3) is 0.133. The van der Waals surface area contributed by atoms with E-state index in [4.69, 9.17) is 0 Å². The number of alkyl halides is 3. The van der Waals surface area contributed by atoms with Gasteiger partial charge in [-0.05, 0) is 52.4 Å². The van der Waals surface area contributed by atoms with Crippen molar-refractivity contribution < 1.29 is 18.0 Å². The molecule has 0 fully saturated rings. The molecule has 2 nitrogen and oxygen atoms in total. The van der Waals surface area contributed by atoms with Gasteiger partial charge >= 0.3 is 6.18 Å². The maximum absolute atomic E-state index is 12.6. The lowest BCUT2D eigenvalue weighted by atomic mass is 10.1. The smallest absolute Gasteiger partial charge is 0.325 e. The van der Waals surface area contributed by atoms with Crippen LogP contribution in [0.15, 0.2) is 46.9 Å². The molecular formula is C15H10BrF3INO. The standard InChI is InChI=1S/C15H10BrF3INO/c16-11-4-5-13(12(20)8-11)21-14(22)7-9-2-1-3-10(6-9)15(17,18)19/h1-6,8H,7H2,(H,21,22). The third kappa shape index (κ3) is 4.70. The summed E-state index contributed by atoms with van der Waals surface area (Å²) >= 11 is 5.39. The number of halogens is 5. The first-order valence-electron chi connectivity index (χ1n) is 6.17. The maximum Gasteiger partial charge on any atom is 0.416 e. The molecule has 0 heterocycles. The van der Waals surface area contributed by atoms with E-state index >= 15 is 0 Å². The van der Waals surface area contributed by atoms with Gasteiger partial charge in [-0.15, -0.1) is 0 Å². The van der Waals surface area contributed by atoms with Crippen LogP contribution in [0.25, 0.3) is 0 Å². The van der Waals surface area contributed by atoms with Crippen molar-refractivity contribution in [2.75, 3.05) is 5.32 Å². The number of benzene rings is 2. The second-order valence-electron chi connectivity index (χ2n) is 4.55. The Balaban J connectivity index is 2.09. The van der Waals surface area contributed by atoms with Crippen LogP contribution in [0.5, 0.6) is 0 Å². The van der Waals surface area contributed by atoms with Crippen LogP contribution in [0.4, 0.5) is 18.9 Å². The summed E-state index contributed by atoms with van der Waals surface area (Å²) in [5.74, 6) is -0.362. The van der Waals surface area contributed by atoms with Gasteiger partial charge in [0.25, 0.3) is 0 Å². The van der Waals surface area contributed by atoms with Crippen LogP contribution in [0.3, 0.4) is 0 Å². The van der Waals surface area contributed by atoms with E-state index in [-0.39, 0.29) is 12.3 Å². The predicted octanol–water partition coefficient (Wildman–Crippen LogP) is 5.25. The van der Waals surface area contributed by atoms with Gasteiger partial charge in [-0.2, -0.15) is 13.2 Å². The van der Waals surface area contributed by atoms with E-state index in [2.05, 4.69) is 43.8 Å². The van der Waals surface area contributed by atoms with E-state index in [9.17, 15) is 18.0 Å². The number of rotatable bonds is 3. The van der Waals surface area contributed by atoms with E-state index in [0.29, 0.717) is 11.3 Å². The first-order chi connectivity index (χ1) is 10.3. The van der Waals surface area contributed by atoms with Gasteiger partial charge in [0.05, 0.1) is 17.7 Å². The van der Waals surface area contributed by atoms with Crippen LogP contribution in [0, 0.1) is 3.57 Å². The molecule has 1 N–H and O–H groups in total. The summed E-state index contributed by atoms with van der Waals surface area (Å²) in [7, 11) is 0. The van der Waals surface area contributed by atoms with Gasteiger partial charge < -0.3 is 5.32 Å². The Kier molecular flexibility index (Phi) is 5.49. The highest BCUT2D eigenvalue weighted by atomic mass is 127. The van der Waals surface area contributed by atoms with Gasteiger partial charge in [-0.1, -0.05) is 34.1 Å². The topological polar surface area (TPSA) is 29.1 Å². The van der Waals surface area contributed by atoms with Crippen LogP contribution < -0.4 is 5.32 Å². The van der Waals surface area contributed by atoms with Crippen molar-refractivity contribution in [3.05, 3.63) is 61.6 Å². The zero-order valence-electron chi connectivity index (χ0n) is 11.0. The molecule has 0 aliphatic heterocycles. The van der Waals surface area contributed by atoms with Crippen LogP contribution in [-0.2, 0) is 17.4 Å². The fourth-order valence-corrected chi connectivity index (χ4v) is 3.27. The highest BCUT2D eigenvalue weighted by Crippen LogP contribution is 2.29. The Labute approximate surface area is 147 Å². The van der Waals surface area contributed by atoms with Gasteiger partial charge in [0, 0.05) is 8.04 Å². The highest BCUT2D eigenvalue weighted by Gasteiger charge is 2.30. The molecular weight excluding hydrogens is 474 g/mol. The lowest BCUT2D eigenvalue weighted by molar-refractivity contribution is -0.137. The van der Waals surface area contributed by atoms with Crippen LogP contribution in [-0.4, -0.2) is 5.91 Å². The molecule has 0 aliphatic carbocycles. The molecule has 2 rings (SSSR count). The number of hydrogen-bond acceptors (Lipinski definition) is 1. The number of anilines is 1. The Morgan fingerprint density at radius 1 is 1.18 bits per heavy atom. The molecule has 0 spiro atoms. The minimum absolute atomic E-state index is 0.115. The van der Waals surface area contributed by atoms with Crippen molar-refractivity contribution >= 4 is 50.1 Å². The van der Waals surface area contributed by atoms with Crippen molar-refractivity contribution in [1.29, 1.82) is 0 Å². The summed E-state index contributed by atoms with van der Waals surface area (Å²) in [6, 6.07) is 10.1. The Morgan fingerprint density at radius 3 is 2.55 bits per heavy atom. The average Bonchev–Trinajstić information content (AvgIpc) is 2.41. The third-order valence-corrected chi connectivity index (χ3v) is 4.21. The minimum atomic E-state index is -4.41. The second-order valence-corrected chi connectivity index (χ2v) is 6.63. The molecule has 0 aromatic heterocycles. The monoisotopic (exact) mass is 483 g/mol. The Hall–Kier alpha value is -1.09. The van der Waals surface area contributed by atoms with E-state index in [0.717, 1.165) is 20.2 Å². The lowest BCUT2D eigenvalue weighted by Gasteiger charge is -2.10. The Bertz CT molecular complexity index is 703. The van der Waals surface area contributed by atoms with Crippen molar-refractivity contribution in [2.24, 2.45) is 0 Å². The van der Waals surface area contributed by atoms with E-state index in [1.807, 2.05) is 6.07 Å². The normalized spacial score (nSPS) is 11.3. The number of carbonyl (C=O) groups excluding carboxylic acids is 1. The zero-order valence-corrected chi connectivity index (χ0v) is 14.8. The number of carbonyl (C=O) groups is 1. The van der Waals surface area contributed by atoms with Gasteiger partial charge in [-0.25, -0.2) is 0 Å². The van der Waals surface area contributed by atoms with Gasteiger partial charge in [-0.3, -0.25) is 4.79 Å². The third-order valence-electron chi connectivity index (χ3n) is 2.82. The molecule has 116 valence electrons. The van der Waals surface area contributed by atoms with Crippen molar-refractivity contribution in [2.45, 2.75) is 12.6 Å². The van der Waals surface area contributed by atoms with Gasteiger partial charge in [0.15, 0.2) is 0 Å². The zero-order chi connectivity index (χ0) is 16.3. The average molecular weight is 484 g/mol. The molecule has 0 saturated heterocycles. The van der Waals surface area contributed by atoms with Crippen molar-refractivity contribution in [3.8, 4) is 0 Å². The number of amides is 1. The lowest BCUT2D eigenvalue weighted by Crippen LogP contribution is -2.15. The van der Waals surface area contributed by atoms with Gasteiger partial charge in [0.2, 0.25) is 5.91 Å². The van der Waals surface area contributed by atoms with Crippen LogP contribution in [0.2, 0.25) is 0 Å². The van der Waals surface area contributed by atoms with Crippen LogP contribution in [0.1, 0.15) is 11.1 Å². The molecule has 2 aromatic rings. The SMILES string of the molecule is O=C(Cc1cccc(C(F)(F)F)c1)Nc1ccc(Br)cc1I. The molecule has 1 amide bonds. The minimum Gasteiger partial charge on any atom is -0.325 e. The quantitative estimate of drug-likeness (QED) is 0.593. The van der Waals surface area contributed by atoms with E-state index < -0.39 is 11.7 Å². The van der Waals surface area contributed by atoms with Crippen molar-refractivity contribution in [3.63, 3.8) is 0 Å². The summed E-state index contributed by atoms with van der Waals surface area (Å²) in [5.41, 5.74) is 0.191. The molecule has 0 radical (unpaired) electrons. The molecule has 0 bridgehead atoms. The Morgan fingerprint density at radius 2 is 1.91 bits per heavy atom.